The van der Waals surface area contributed by atoms with Crippen molar-refractivity contribution in [1.29, 1.82) is 0 Å². The first-order valence-electron chi connectivity index (χ1n) is 3.53. The summed E-state index contributed by atoms with van der Waals surface area (Å²) >= 11 is 0. The van der Waals surface area contributed by atoms with E-state index in [0.717, 1.165) is 11.5 Å². The molecule has 0 aliphatic carbocycles. The van der Waals surface area contributed by atoms with E-state index in [0.29, 0.717) is 6.61 Å². The zero-order chi connectivity index (χ0) is 8.85. The van der Waals surface area contributed by atoms with E-state index in [1.54, 1.807) is 0 Å². The van der Waals surface area contributed by atoms with Crippen molar-refractivity contribution in [3.05, 3.63) is 0 Å². The highest BCUT2D eigenvalue weighted by molar-refractivity contribution is 5.91. The van der Waals surface area contributed by atoms with Crippen LogP contribution in [-0.4, -0.2) is 23.5 Å². The molecule has 0 N–H and O–H groups in total. The summed E-state index contributed by atoms with van der Waals surface area (Å²) in [5.74, 6) is -0.767. The van der Waals surface area contributed by atoms with Gasteiger partial charge in [-0.25, -0.2) is 0 Å². The zero-order valence-electron chi connectivity index (χ0n) is 7.09. The van der Waals surface area contributed by atoms with Crippen LogP contribution in [0.2, 0.25) is 0 Å². The first kappa shape index (κ1) is 10.1. The van der Waals surface area contributed by atoms with Gasteiger partial charge in [0, 0.05) is 13.8 Å². The molecule has 11 heavy (non-hydrogen) atoms. The van der Waals surface area contributed by atoms with Gasteiger partial charge in [0.15, 0.2) is 0 Å². The number of carbonyl (C=O) groups excluding carboxylic acids is 2. The Morgan fingerprint density at radius 1 is 1.27 bits per heavy atom. The lowest BCUT2D eigenvalue weighted by molar-refractivity contribution is -0.192. The van der Waals surface area contributed by atoms with E-state index in [1.807, 2.05) is 6.92 Å². The van der Waals surface area contributed by atoms with Crippen molar-refractivity contribution in [3.63, 3.8) is 0 Å². The summed E-state index contributed by atoms with van der Waals surface area (Å²) in [6.45, 7) is 4.87. The highest BCUT2D eigenvalue weighted by atomic mass is 16.7. The molecule has 0 saturated carbocycles. The molecule has 0 spiro atoms. The predicted octanol–water partition coefficient (Wildman–Crippen LogP) is 0.723. The number of rotatable bonds is 3. The zero-order valence-corrected chi connectivity index (χ0v) is 7.09. The Morgan fingerprint density at radius 2 is 1.73 bits per heavy atom. The SMILES string of the molecule is CCCON(C(C)=O)C(C)=O. The second-order valence-electron chi connectivity index (χ2n) is 2.17. The molecule has 0 aliphatic heterocycles. The van der Waals surface area contributed by atoms with Gasteiger partial charge in [-0.2, -0.15) is 5.06 Å². The molecule has 64 valence electrons. The molecule has 2 amide bonds. The molecule has 4 nitrogen and oxygen atoms in total. The Bertz CT molecular complexity index is 142. The minimum atomic E-state index is -0.383. The van der Waals surface area contributed by atoms with Gasteiger partial charge in [-0.05, 0) is 6.42 Å². The molecule has 0 aliphatic rings. The summed E-state index contributed by atoms with van der Waals surface area (Å²) in [6.07, 6.45) is 0.775. The third-order valence-corrected chi connectivity index (χ3v) is 0.997. The van der Waals surface area contributed by atoms with Crippen molar-refractivity contribution in [2.75, 3.05) is 6.61 Å². The lowest BCUT2D eigenvalue weighted by Crippen LogP contribution is -2.33. The normalized spacial score (nSPS) is 9.36. The van der Waals surface area contributed by atoms with E-state index in [-0.39, 0.29) is 11.8 Å². The molecule has 0 saturated heterocycles. The van der Waals surface area contributed by atoms with Crippen molar-refractivity contribution in [1.82, 2.24) is 5.06 Å². The lowest BCUT2D eigenvalue weighted by atomic mass is 10.5. The molecule has 0 fully saturated rings. The highest BCUT2D eigenvalue weighted by Crippen LogP contribution is 1.93. The molecule has 0 bridgehead atoms. The van der Waals surface area contributed by atoms with E-state index in [9.17, 15) is 9.59 Å². The Kier molecular flexibility index (Phi) is 4.45. The Hall–Kier alpha value is -0.900. The Balaban J connectivity index is 3.90. The molecular weight excluding hydrogens is 146 g/mol. The molecule has 0 radical (unpaired) electrons. The minimum absolute atomic E-state index is 0.383. The summed E-state index contributed by atoms with van der Waals surface area (Å²) in [5.41, 5.74) is 0. The van der Waals surface area contributed by atoms with Crippen molar-refractivity contribution in [2.24, 2.45) is 0 Å². The van der Waals surface area contributed by atoms with Crippen LogP contribution in [0.4, 0.5) is 0 Å². The van der Waals surface area contributed by atoms with E-state index >= 15 is 0 Å². The second-order valence-corrected chi connectivity index (χ2v) is 2.17. The van der Waals surface area contributed by atoms with Crippen molar-refractivity contribution in [3.8, 4) is 0 Å². The van der Waals surface area contributed by atoms with Crippen LogP contribution in [0.1, 0.15) is 27.2 Å². The fourth-order valence-electron chi connectivity index (χ4n) is 0.586. The molecule has 0 aromatic carbocycles. The second kappa shape index (κ2) is 4.85. The summed E-state index contributed by atoms with van der Waals surface area (Å²) in [4.78, 5) is 26.2. The molecule has 0 heterocycles. The summed E-state index contributed by atoms with van der Waals surface area (Å²) < 4.78 is 0. The molecule has 4 heteroatoms. The van der Waals surface area contributed by atoms with Crippen LogP contribution in [0.25, 0.3) is 0 Å². The first-order chi connectivity index (χ1) is 5.09. The lowest BCUT2D eigenvalue weighted by Gasteiger charge is -2.14. The molecule has 0 rings (SSSR count). The summed E-state index contributed by atoms with van der Waals surface area (Å²) in [7, 11) is 0. The van der Waals surface area contributed by atoms with Gasteiger partial charge in [-0.15, -0.1) is 0 Å². The fraction of sp³-hybridized carbons (Fsp3) is 0.714. The number of amides is 2. The first-order valence-corrected chi connectivity index (χ1v) is 3.53. The van der Waals surface area contributed by atoms with Crippen molar-refractivity contribution in [2.45, 2.75) is 27.2 Å². The molecule has 0 aromatic rings. The van der Waals surface area contributed by atoms with Crippen LogP contribution in [0.3, 0.4) is 0 Å². The van der Waals surface area contributed by atoms with E-state index in [2.05, 4.69) is 0 Å². The van der Waals surface area contributed by atoms with Crippen LogP contribution in [0.15, 0.2) is 0 Å². The van der Waals surface area contributed by atoms with Gasteiger partial charge in [0.2, 0.25) is 11.8 Å². The number of hydrogen-bond donors (Lipinski definition) is 0. The van der Waals surface area contributed by atoms with Gasteiger partial charge >= 0.3 is 0 Å². The van der Waals surface area contributed by atoms with Crippen LogP contribution in [0.5, 0.6) is 0 Å². The molecule has 0 aromatic heterocycles. The quantitative estimate of drug-likeness (QED) is 0.570. The Labute approximate surface area is 66.1 Å². The largest absolute Gasteiger partial charge is 0.272 e. The standard InChI is InChI=1S/C7H13NO3/c1-4-5-11-8(6(2)9)7(3)10/h4-5H2,1-3H3. The predicted molar refractivity (Wildman–Crippen MR) is 39.4 cm³/mol. The van der Waals surface area contributed by atoms with E-state index in [4.69, 9.17) is 4.84 Å². The van der Waals surface area contributed by atoms with E-state index < -0.39 is 0 Å². The van der Waals surface area contributed by atoms with Crippen molar-refractivity contribution >= 4 is 11.8 Å². The van der Waals surface area contributed by atoms with Gasteiger partial charge in [-0.3, -0.25) is 14.4 Å². The maximum absolute atomic E-state index is 10.7. The Morgan fingerprint density at radius 3 is 2.00 bits per heavy atom. The van der Waals surface area contributed by atoms with Crippen molar-refractivity contribution < 1.29 is 14.4 Å². The summed E-state index contributed by atoms with van der Waals surface area (Å²) in [5, 5.41) is 0.767. The number of hydroxylamine groups is 2. The number of imide groups is 1. The maximum atomic E-state index is 10.7. The third-order valence-electron chi connectivity index (χ3n) is 0.997. The van der Waals surface area contributed by atoms with Crippen LogP contribution < -0.4 is 0 Å². The number of carbonyl (C=O) groups is 2. The smallest absolute Gasteiger partial charge is 0.250 e. The molecular formula is C7H13NO3. The average Bonchev–Trinajstić information content (AvgIpc) is 1.87. The fourth-order valence-corrected chi connectivity index (χ4v) is 0.586. The summed E-state index contributed by atoms with van der Waals surface area (Å²) in [6, 6.07) is 0. The van der Waals surface area contributed by atoms with Gasteiger partial charge in [0.25, 0.3) is 0 Å². The van der Waals surface area contributed by atoms with Crippen LogP contribution >= 0.6 is 0 Å². The van der Waals surface area contributed by atoms with Gasteiger partial charge in [0.05, 0.1) is 6.61 Å². The average molecular weight is 159 g/mol. The van der Waals surface area contributed by atoms with Gasteiger partial charge < -0.3 is 0 Å². The number of nitrogens with zero attached hydrogens (tertiary/aromatic N) is 1. The topological polar surface area (TPSA) is 46.6 Å². The number of hydrogen-bond acceptors (Lipinski definition) is 3. The van der Waals surface area contributed by atoms with Gasteiger partial charge in [-0.1, -0.05) is 6.92 Å². The third kappa shape index (κ3) is 3.72. The minimum Gasteiger partial charge on any atom is -0.272 e. The highest BCUT2D eigenvalue weighted by Gasteiger charge is 2.13. The van der Waals surface area contributed by atoms with E-state index in [1.165, 1.54) is 13.8 Å². The van der Waals surface area contributed by atoms with Crippen LogP contribution in [0, 0.1) is 0 Å². The van der Waals surface area contributed by atoms with Crippen LogP contribution in [-0.2, 0) is 14.4 Å². The monoisotopic (exact) mass is 159 g/mol. The maximum Gasteiger partial charge on any atom is 0.250 e. The van der Waals surface area contributed by atoms with Gasteiger partial charge in [0.1, 0.15) is 0 Å². The molecule has 0 atom stereocenters. The molecule has 0 unspecified atom stereocenters.